The average Bonchev–Trinajstić information content (AvgIpc) is 2.20. The van der Waals surface area contributed by atoms with Crippen molar-refractivity contribution in [2.24, 2.45) is 0 Å². The summed E-state index contributed by atoms with van der Waals surface area (Å²) in [4.78, 5) is 7.83. The van der Waals surface area contributed by atoms with Gasteiger partial charge in [0, 0.05) is 6.07 Å². The van der Waals surface area contributed by atoms with Crippen molar-refractivity contribution < 1.29 is 9.13 Å². The summed E-state index contributed by atoms with van der Waals surface area (Å²) in [5, 5.41) is 0. The van der Waals surface area contributed by atoms with Crippen LogP contribution in [0.1, 0.15) is 0 Å². The Labute approximate surface area is 99.4 Å². The number of hydrogen-bond donors (Lipinski definition) is 1. The lowest BCUT2D eigenvalue weighted by molar-refractivity contribution is 0.440. The summed E-state index contributed by atoms with van der Waals surface area (Å²) in [7, 11) is 0. The van der Waals surface area contributed by atoms with Crippen LogP contribution < -0.4 is 10.5 Å². The summed E-state index contributed by atoms with van der Waals surface area (Å²) in [6, 6.07) is 7.20. The van der Waals surface area contributed by atoms with Gasteiger partial charge in [-0.25, -0.2) is 4.39 Å². The molecule has 1 aromatic heterocycles. The second-order valence-corrected chi connectivity index (χ2v) is 3.77. The molecule has 2 rings (SSSR count). The molecule has 0 saturated heterocycles. The van der Waals surface area contributed by atoms with Crippen molar-refractivity contribution >= 4 is 21.7 Å². The molecule has 0 bridgehead atoms. The summed E-state index contributed by atoms with van der Waals surface area (Å²) in [5.74, 6) is 0.403. The number of aromatic nitrogens is 2. The van der Waals surface area contributed by atoms with Gasteiger partial charge in [0.15, 0.2) is 0 Å². The summed E-state index contributed by atoms with van der Waals surface area (Å²) >= 11 is 3.17. The lowest BCUT2D eigenvalue weighted by Gasteiger charge is -2.04. The average molecular weight is 284 g/mol. The lowest BCUT2D eigenvalue weighted by Crippen LogP contribution is -1.96. The number of halogens is 2. The Morgan fingerprint density at radius 2 is 1.88 bits per heavy atom. The Kier molecular flexibility index (Phi) is 3.00. The maximum atomic E-state index is 12.6. The molecular formula is C10H7BrFN3O. The van der Waals surface area contributed by atoms with E-state index in [1.54, 1.807) is 6.07 Å². The molecule has 0 aliphatic rings. The van der Waals surface area contributed by atoms with E-state index in [9.17, 15) is 4.39 Å². The van der Waals surface area contributed by atoms with Gasteiger partial charge in [0.2, 0.25) is 0 Å². The molecule has 0 aliphatic heterocycles. The van der Waals surface area contributed by atoms with Crippen LogP contribution in [0.5, 0.6) is 11.8 Å². The molecule has 0 amide bonds. The third-order valence-corrected chi connectivity index (χ3v) is 2.12. The fraction of sp³-hybridized carbons (Fsp3) is 0. The maximum absolute atomic E-state index is 12.6. The minimum absolute atomic E-state index is 0.110. The van der Waals surface area contributed by atoms with Gasteiger partial charge >= 0.3 is 6.01 Å². The molecule has 6 heteroatoms. The van der Waals surface area contributed by atoms with Gasteiger partial charge < -0.3 is 10.5 Å². The van der Waals surface area contributed by atoms with Gasteiger partial charge in [0.1, 0.15) is 22.0 Å². The molecule has 82 valence electrons. The highest BCUT2D eigenvalue weighted by atomic mass is 79.9. The van der Waals surface area contributed by atoms with Crippen LogP contribution in [0.25, 0.3) is 0 Å². The van der Waals surface area contributed by atoms with Gasteiger partial charge in [-0.2, -0.15) is 9.97 Å². The van der Waals surface area contributed by atoms with E-state index in [1.165, 1.54) is 24.3 Å². The molecule has 0 atom stereocenters. The molecule has 1 heterocycles. The molecule has 0 fully saturated rings. The Morgan fingerprint density at radius 1 is 1.19 bits per heavy atom. The van der Waals surface area contributed by atoms with E-state index in [0.29, 0.717) is 16.2 Å². The van der Waals surface area contributed by atoms with E-state index in [2.05, 4.69) is 25.9 Å². The van der Waals surface area contributed by atoms with Gasteiger partial charge in [0.05, 0.1) is 0 Å². The van der Waals surface area contributed by atoms with Crippen LogP contribution in [0.3, 0.4) is 0 Å². The van der Waals surface area contributed by atoms with Gasteiger partial charge in [0.25, 0.3) is 0 Å². The molecule has 0 saturated carbocycles. The van der Waals surface area contributed by atoms with E-state index in [0.717, 1.165) is 0 Å². The number of nitrogens with zero attached hydrogens (tertiary/aromatic N) is 2. The van der Waals surface area contributed by atoms with Crippen molar-refractivity contribution in [2.75, 3.05) is 5.73 Å². The van der Waals surface area contributed by atoms with Crippen LogP contribution in [-0.2, 0) is 0 Å². The lowest BCUT2D eigenvalue weighted by atomic mass is 10.3. The predicted octanol–water partition coefficient (Wildman–Crippen LogP) is 2.75. The standard InChI is InChI=1S/C10H7BrFN3O/c11-8-5-9(13)15-10(14-8)16-7-3-1-6(12)2-4-7/h1-5H,(H2,13,14,15). The minimum Gasteiger partial charge on any atom is -0.424 e. The monoisotopic (exact) mass is 283 g/mol. The Bertz CT molecular complexity index is 484. The largest absolute Gasteiger partial charge is 0.424 e. The van der Waals surface area contributed by atoms with Gasteiger partial charge in [-0.3, -0.25) is 0 Å². The second kappa shape index (κ2) is 4.44. The number of benzene rings is 1. The van der Waals surface area contributed by atoms with E-state index >= 15 is 0 Å². The van der Waals surface area contributed by atoms with Crippen molar-refractivity contribution in [2.45, 2.75) is 0 Å². The SMILES string of the molecule is Nc1cc(Br)nc(Oc2ccc(F)cc2)n1. The third-order valence-electron chi connectivity index (χ3n) is 1.72. The Balaban J connectivity index is 2.23. The molecular weight excluding hydrogens is 277 g/mol. The number of ether oxygens (including phenoxy) is 1. The first kappa shape index (κ1) is 10.8. The number of anilines is 1. The molecule has 1 aromatic carbocycles. The van der Waals surface area contributed by atoms with Crippen LogP contribution in [0.2, 0.25) is 0 Å². The summed E-state index contributed by atoms with van der Waals surface area (Å²) in [5.41, 5.74) is 5.52. The van der Waals surface area contributed by atoms with E-state index in [4.69, 9.17) is 10.5 Å². The minimum atomic E-state index is -0.331. The third kappa shape index (κ3) is 2.66. The van der Waals surface area contributed by atoms with Crippen LogP contribution in [0, 0.1) is 5.82 Å². The zero-order chi connectivity index (χ0) is 11.5. The number of rotatable bonds is 2. The highest BCUT2D eigenvalue weighted by Crippen LogP contribution is 2.20. The normalized spacial score (nSPS) is 10.1. The first-order valence-corrected chi connectivity index (χ1v) is 5.16. The van der Waals surface area contributed by atoms with E-state index < -0.39 is 0 Å². The van der Waals surface area contributed by atoms with Crippen molar-refractivity contribution in [1.82, 2.24) is 9.97 Å². The molecule has 0 radical (unpaired) electrons. The topological polar surface area (TPSA) is 61.0 Å². The van der Waals surface area contributed by atoms with Crippen LogP contribution >= 0.6 is 15.9 Å². The highest BCUT2D eigenvalue weighted by Gasteiger charge is 2.03. The van der Waals surface area contributed by atoms with Crippen molar-refractivity contribution in [3.63, 3.8) is 0 Å². The molecule has 4 nitrogen and oxygen atoms in total. The number of hydrogen-bond acceptors (Lipinski definition) is 4. The fourth-order valence-electron chi connectivity index (χ4n) is 1.07. The number of nitrogens with two attached hydrogens (primary N) is 1. The first-order valence-electron chi connectivity index (χ1n) is 4.37. The van der Waals surface area contributed by atoms with Crippen LogP contribution in [0.15, 0.2) is 34.9 Å². The van der Waals surface area contributed by atoms with E-state index in [1.807, 2.05) is 0 Å². The summed E-state index contributed by atoms with van der Waals surface area (Å²) in [6.07, 6.45) is 0. The van der Waals surface area contributed by atoms with Crippen molar-refractivity contribution in [3.8, 4) is 11.8 Å². The summed E-state index contributed by atoms with van der Waals surface area (Å²) < 4.78 is 18.5. The first-order chi connectivity index (χ1) is 7.63. The van der Waals surface area contributed by atoms with Crippen molar-refractivity contribution in [1.29, 1.82) is 0 Å². The smallest absolute Gasteiger partial charge is 0.325 e. The maximum Gasteiger partial charge on any atom is 0.325 e. The van der Waals surface area contributed by atoms with Gasteiger partial charge in [-0.1, -0.05) is 0 Å². The molecule has 2 aromatic rings. The Hall–Kier alpha value is -1.69. The van der Waals surface area contributed by atoms with Crippen LogP contribution in [0.4, 0.5) is 10.2 Å². The molecule has 0 aliphatic carbocycles. The Morgan fingerprint density at radius 3 is 2.50 bits per heavy atom. The number of nitrogen functional groups attached to an aromatic ring is 1. The zero-order valence-electron chi connectivity index (χ0n) is 8.02. The van der Waals surface area contributed by atoms with Crippen molar-refractivity contribution in [3.05, 3.63) is 40.8 Å². The summed E-state index contributed by atoms with van der Waals surface area (Å²) in [6.45, 7) is 0. The molecule has 16 heavy (non-hydrogen) atoms. The fourth-order valence-corrected chi connectivity index (χ4v) is 1.45. The quantitative estimate of drug-likeness (QED) is 0.861. The molecule has 2 N–H and O–H groups in total. The van der Waals surface area contributed by atoms with Gasteiger partial charge in [-0.05, 0) is 40.2 Å². The van der Waals surface area contributed by atoms with Gasteiger partial charge in [-0.15, -0.1) is 0 Å². The zero-order valence-corrected chi connectivity index (χ0v) is 9.61. The second-order valence-electron chi connectivity index (χ2n) is 2.95. The predicted molar refractivity (Wildman–Crippen MR) is 60.6 cm³/mol. The van der Waals surface area contributed by atoms with E-state index in [-0.39, 0.29) is 11.8 Å². The highest BCUT2D eigenvalue weighted by molar-refractivity contribution is 9.10. The van der Waals surface area contributed by atoms with Crippen LogP contribution in [-0.4, -0.2) is 9.97 Å². The molecule has 0 unspecified atom stereocenters. The molecule has 0 spiro atoms.